The summed E-state index contributed by atoms with van der Waals surface area (Å²) in [5.41, 5.74) is -1.20. The standard InChI is InChI=1S/C21H40BNO5/c1-16(2)23-21(17(24)25-10,15-26-18(3,4)5)13-11-12-14-22-27-19(6,7)20(8,9)28-22/h11-15H2,1-10H3. The van der Waals surface area contributed by atoms with Gasteiger partial charge in [0.25, 0.3) is 0 Å². The van der Waals surface area contributed by atoms with Crippen molar-refractivity contribution in [2.45, 2.75) is 110 Å². The zero-order valence-electron chi connectivity index (χ0n) is 19.6. The first kappa shape index (κ1) is 25.1. The van der Waals surface area contributed by atoms with E-state index >= 15 is 0 Å². The van der Waals surface area contributed by atoms with Crippen LogP contribution < -0.4 is 0 Å². The van der Waals surface area contributed by atoms with Crippen molar-refractivity contribution in [2.75, 3.05) is 13.7 Å². The predicted octanol–water partition coefficient (Wildman–Crippen LogP) is 4.46. The summed E-state index contributed by atoms with van der Waals surface area (Å²) in [7, 11) is 1.18. The van der Waals surface area contributed by atoms with Crippen LogP contribution in [0.15, 0.2) is 4.99 Å². The van der Waals surface area contributed by atoms with Crippen molar-refractivity contribution in [3.8, 4) is 0 Å². The highest BCUT2D eigenvalue weighted by molar-refractivity contribution is 6.45. The second-order valence-electron chi connectivity index (χ2n) is 9.91. The van der Waals surface area contributed by atoms with Gasteiger partial charge in [0.2, 0.25) is 0 Å². The number of unbranched alkanes of at least 4 members (excludes halogenated alkanes) is 1. The van der Waals surface area contributed by atoms with Gasteiger partial charge in [-0.05, 0) is 75.1 Å². The molecule has 28 heavy (non-hydrogen) atoms. The van der Waals surface area contributed by atoms with E-state index in [0.717, 1.165) is 24.9 Å². The molecule has 1 atom stereocenters. The van der Waals surface area contributed by atoms with Crippen LogP contribution in [0.2, 0.25) is 6.32 Å². The van der Waals surface area contributed by atoms with E-state index in [1.54, 1.807) is 0 Å². The first-order chi connectivity index (χ1) is 12.6. The molecular weight excluding hydrogens is 357 g/mol. The number of nitrogens with zero attached hydrogens (tertiary/aromatic N) is 1. The summed E-state index contributed by atoms with van der Waals surface area (Å²) in [6.07, 6.45) is 2.99. The van der Waals surface area contributed by atoms with E-state index in [0.29, 0.717) is 6.42 Å². The Morgan fingerprint density at radius 3 is 2.00 bits per heavy atom. The zero-order valence-corrected chi connectivity index (χ0v) is 19.6. The average Bonchev–Trinajstić information content (AvgIpc) is 2.74. The Morgan fingerprint density at radius 2 is 1.57 bits per heavy atom. The van der Waals surface area contributed by atoms with Crippen molar-refractivity contribution in [2.24, 2.45) is 4.99 Å². The number of esters is 1. The summed E-state index contributed by atoms with van der Waals surface area (Å²) in [5, 5.41) is 0. The van der Waals surface area contributed by atoms with E-state index in [4.69, 9.17) is 18.8 Å². The monoisotopic (exact) mass is 397 g/mol. The second-order valence-corrected chi connectivity index (χ2v) is 9.91. The third-order valence-electron chi connectivity index (χ3n) is 5.33. The normalized spacial score (nSPS) is 20.6. The Balaban J connectivity index is 2.76. The van der Waals surface area contributed by atoms with Crippen LogP contribution in [0.25, 0.3) is 0 Å². The number of hydrogen-bond acceptors (Lipinski definition) is 6. The molecule has 0 bridgehead atoms. The van der Waals surface area contributed by atoms with Gasteiger partial charge in [-0.3, -0.25) is 4.99 Å². The van der Waals surface area contributed by atoms with E-state index in [2.05, 4.69) is 32.7 Å². The number of ether oxygens (including phenoxy) is 2. The van der Waals surface area contributed by atoms with Gasteiger partial charge < -0.3 is 18.8 Å². The third kappa shape index (κ3) is 6.85. The molecule has 0 radical (unpaired) electrons. The van der Waals surface area contributed by atoms with Crippen LogP contribution in [0.5, 0.6) is 0 Å². The van der Waals surface area contributed by atoms with E-state index in [1.165, 1.54) is 7.11 Å². The van der Waals surface area contributed by atoms with Crippen molar-refractivity contribution >= 4 is 18.8 Å². The van der Waals surface area contributed by atoms with Crippen LogP contribution in [0.4, 0.5) is 0 Å². The first-order valence-electron chi connectivity index (χ1n) is 10.3. The van der Waals surface area contributed by atoms with E-state index in [9.17, 15) is 4.79 Å². The molecule has 0 saturated carbocycles. The molecule has 0 aromatic rings. The molecule has 1 aliphatic rings. The van der Waals surface area contributed by atoms with Crippen LogP contribution in [0.3, 0.4) is 0 Å². The van der Waals surface area contributed by atoms with Gasteiger partial charge in [-0.2, -0.15) is 0 Å². The van der Waals surface area contributed by atoms with Crippen LogP contribution in [0, 0.1) is 0 Å². The van der Waals surface area contributed by atoms with Gasteiger partial charge in [0, 0.05) is 5.71 Å². The molecule has 7 heteroatoms. The number of methoxy groups -OCH3 is 1. The SMILES string of the molecule is COC(=O)C(CCCCB1OC(C)(C)C(C)(C)O1)(COC(C)(C)C)N=C(C)C. The van der Waals surface area contributed by atoms with Crippen LogP contribution in [0.1, 0.15) is 81.6 Å². The molecule has 1 heterocycles. The number of hydrogen-bond donors (Lipinski definition) is 0. The van der Waals surface area contributed by atoms with Crippen molar-refractivity contribution in [1.82, 2.24) is 0 Å². The summed E-state index contributed by atoms with van der Waals surface area (Å²) < 4.78 is 23.1. The van der Waals surface area contributed by atoms with Crippen LogP contribution in [-0.4, -0.2) is 54.9 Å². The lowest BCUT2D eigenvalue weighted by molar-refractivity contribution is -0.152. The predicted molar refractivity (Wildman–Crippen MR) is 114 cm³/mol. The largest absolute Gasteiger partial charge is 0.467 e. The van der Waals surface area contributed by atoms with Gasteiger partial charge in [-0.25, -0.2) is 4.79 Å². The van der Waals surface area contributed by atoms with Crippen molar-refractivity contribution in [1.29, 1.82) is 0 Å². The van der Waals surface area contributed by atoms with Crippen LogP contribution >= 0.6 is 0 Å². The van der Waals surface area contributed by atoms with E-state index < -0.39 is 5.54 Å². The lowest BCUT2D eigenvalue weighted by Crippen LogP contribution is -2.45. The minimum absolute atomic E-state index is 0.199. The molecule has 1 rings (SSSR count). The fourth-order valence-corrected chi connectivity index (χ4v) is 3.13. The number of carbonyl (C=O) groups is 1. The lowest BCUT2D eigenvalue weighted by Gasteiger charge is -2.32. The molecule has 0 amide bonds. The fourth-order valence-electron chi connectivity index (χ4n) is 3.13. The smallest absolute Gasteiger partial charge is 0.457 e. The molecule has 6 nitrogen and oxygen atoms in total. The van der Waals surface area contributed by atoms with Gasteiger partial charge in [-0.1, -0.05) is 12.8 Å². The highest BCUT2D eigenvalue weighted by Gasteiger charge is 2.50. The highest BCUT2D eigenvalue weighted by Crippen LogP contribution is 2.38. The van der Waals surface area contributed by atoms with Gasteiger partial charge >= 0.3 is 13.1 Å². The molecular formula is C21H40BNO5. The maximum atomic E-state index is 12.6. The Morgan fingerprint density at radius 1 is 1.04 bits per heavy atom. The zero-order chi connectivity index (χ0) is 21.8. The molecule has 0 aliphatic carbocycles. The van der Waals surface area contributed by atoms with Gasteiger partial charge in [0.05, 0.1) is 30.5 Å². The van der Waals surface area contributed by atoms with Gasteiger partial charge in [0.1, 0.15) is 0 Å². The number of rotatable bonds is 9. The number of aliphatic imine (C=N–C) groups is 1. The minimum Gasteiger partial charge on any atom is -0.467 e. The topological polar surface area (TPSA) is 66.4 Å². The Labute approximate surface area is 171 Å². The summed E-state index contributed by atoms with van der Waals surface area (Å²) in [5.74, 6) is -0.353. The molecule has 1 saturated heterocycles. The Bertz CT molecular complexity index is 548. The van der Waals surface area contributed by atoms with Crippen molar-refractivity contribution in [3.63, 3.8) is 0 Å². The molecule has 1 fully saturated rings. The quantitative estimate of drug-likeness (QED) is 0.249. The summed E-state index contributed by atoms with van der Waals surface area (Å²) in [6.45, 7) is 18.1. The van der Waals surface area contributed by atoms with E-state index in [-0.39, 0.29) is 36.5 Å². The Kier molecular flexibility index (Phi) is 8.31. The van der Waals surface area contributed by atoms with Gasteiger partial charge in [-0.15, -0.1) is 0 Å². The maximum absolute atomic E-state index is 12.6. The lowest BCUT2D eigenvalue weighted by atomic mass is 9.81. The van der Waals surface area contributed by atoms with Crippen molar-refractivity contribution in [3.05, 3.63) is 0 Å². The molecule has 162 valence electrons. The average molecular weight is 397 g/mol. The Hall–Kier alpha value is -0.915. The minimum atomic E-state index is -1.02. The molecule has 0 N–H and O–H groups in total. The second kappa shape index (κ2) is 9.27. The molecule has 1 unspecified atom stereocenters. The maximum Gasteiger partial charge on any atom is 0.457 e. The van der Waals surface area contributed by atoms with E-state index in [1.807, 2.05) is 34.6 Å². The number of carbonyl (C=O) groups excluding carboxylic acids is 1. The highest BCUT2D eigenvalue weighted by atomic mass is 16.7. The van der Waals surface area contributed by atoms with Crippen molar-refractivity contribution < 1.29 is 23.6 Å². The van der Waals surface area contributed by atoms with Crippen LogP contribution in [-0.2, 0) is 23.6 Å². The summed E-state index contributed by atoms with van der Waals surface area (Å²) in [6, 6.07) is 0. The molecule has 0 aromatic heterocycles. The third-order valence-corrected chi connectivity index (χ3v) is 5.33. The molecule has 0 aromatic carbocycles. The summed E-state index contributed by atoms with van der Waals surface area (Å²) >= 11 is 0. The fraction of sp³-hybridized carbons (Fsp3) is 0.905. The molecule has 0 spiro atoms. The molecule has 1 aliphatic heterocycles. The summed E-state index contributed by atoms with van der Waals surface area (Å²) in [4.78, 5) is 17.3. The first-order valence-corrected chi connectivity index (χ1v) is 10.3. The van der Waals surface area contributed by atoms with Gasteiger partial charge in [0.15, 0.2) is 5.54 Å².